The Hall–Kier alpha value is -4.08. The number of piperidine rings is 1. The van der Waals surface area contributed by atoms with Gasteiger partial charge in [-0.3, -0.25) is 23.9 Å². The minimum absolute atomic E-state index is 0.0919. The van der Waals surface area contributed by atoms with Crippen molar-refractivity contribution in [1.29, 1.82) is 0 Å². The van der Waals surface area contributed by atoms with Crippen LogP contribution in [0.5, 0.6) is 0 Å². The van der Waals surface area contributed by atoms with Crippen LogP contribution in [0.25, 0.3) is 0 Å². The number of sulfonamides is 1. The van der Waals surface area contributed by atoms with Gasteiger partial charge >= 0.3 is 6.09 Å². The number of nitrogens with zero attached hydrogens (tertiary/aromatic N) is 3. The maximum absolute atomic E-state index is 14.5. The Balaban J connectivity index is 1.13. The molecule has 2 saturated heterocycles. The van der Waals surface area contributed by atoms with Crippen LogP contribution in [0.15, 0.2) is 36.4 Å². The lowest BCUT2D eigenvalue weighted by molar-refractivity contribution is -0.148. The van der Waals surface area contributed by atoms with Crippen LogP contribution in [0.4, 0.5) is 13.6 Å². The van der Waals surface area contributed by atoms with E-state index in [0.717, 1.165) is 22.4 Å². The monoisotopic (exact) mass is 773 g/mol. The number of amides is 5. The number of ether oxygens (including phenoxy) is 1. The molecule has 0 aromatic heterocycles. The normalized spacial score (nSPS) is 30.1. The molecule has 4 fully saturated rings. The van der Waals surface area contributed by atoms with E-state index in [1.807, 2.05) is 36.4 Å². The van der Waals surface area contributed by atoms with Crippen LogP contribution in [0.2, 0.25) is 0 Å². The molecule has 7 rings (SSSR count). The molecule has 5 amide bonds. The second-order valence-corrected chi connectivity index (χ2v) is 17.8. The molecular weight excluding hydrogens is 725 g/mol. The van der Waals surface area contributed by atoms with E-state index in [9.17, 15) is 41.2 Å². The third-order valence-electron chi connectivity index (χ3n) is 11.8. The molecule has 1 aromatic carbocycles. The van der Waals surface area contributed by atoms with Gasteiger partial charge in [-0.2, -0.15) is 0 Å². The van der Waals surface area contributed by atoms with Gasteiger partial charge in [-0.05, 0) is 62.5 Å². The Morgan fingerprint density at radius 3 is 2.52 bits per heavy atom. The van der Waals surface area contributed by atoms with Gasteiger partial charge in [0.1, 0.15) is 17.7 Å². The fourth-order valence-electron chi connectivity index (χ4n) is 8.37. The number of nitrogens with one attached hydrogen (secondary N) is 2. The number of hydrogen-bond acceptors (Lipinski definition) is 8. The van der Waals surface area contributed by atoms with Gasteiger partial charge in [-0.25, -0.2) is 22.0 Å². The number of carbonyl (C=O) groups excluding carboxylic acids is 5. The molecule has 294 valence electrons. The van der Waals surface area contributed by atoms with Crippen LogP contribution in [0.3, 0.4) is 0 Å². The molecule has 6 aliphatic rings. The average molecular weight is 774 g/mol. The lowest BCUT2D eigenvalue weighted by Crippen LogP contribution is -2.57. The number of benzene rings is 1. The first kappa shape index (κ1) is 38.2. The topological polar surface area (TPSA) is 162 Å². The summed E-state index contributed by atoms with van der Waals surface area (Å²) in [7, 11) is -3.93. The highest BCUT2D eigenvalue weighted by atomic mass is 32.2. The van der Waals surface area contributed by atoms with Crippen molar-refractivity contribution in [3.8, 4) is 0 Å². The van der Waals surface area contributed by atoms with E-state index in [-0.39, 0.29) is 51.6 Å². The van der Waals surface area contributed by atoms with Gasteiger partial charge in [0.15, 0.2) is 0 Å². The molecule has 2 N–H and O–H groups in total. The number of halogens is 2. The number of carbonyl (C=O) groups is 5. The van der Waals surface area contributed by atoms with Crippen LogP contribution in [0.1, 0.15) is 88.2 Å². The van der Waals surface area contributed by atoms with E-state index in [1.165, 1.54) is 4.90 Å². The Labute approximate surface area is 314 Å². The van der Waals surface area contributed by atoms with Crippen molar-refractivity contribution >= 4 is 39.7 Å². The van der Waals surface area contributed by atoms with Gasteiger partial charge < -0.3 is 24.8 Å². The van der Waals surface area contributed by atoms with Gasteiger partial charge in [-0.15, -0.1) is 0 Å². The molecule has 54 heavy (non-hydrogen) atoms. The molecule has 0 unspecified atom stereocenters. The summed E-state index contributed by atoms with van der Waals surface area (Å²) in [5.41, 5.74) is 0.573. The lowest BCUT2D eigenvalue weighted by Gasteiger charge is -2.34. The number of fused-ring (bicyclic) bond motifs is 3. The van der Waals surface area contributed by atoms with Gasteiger partial charge in [0.2, 0.25) is 27.7 Å². The van der Waals surface area contributed by atoms with E-state index < -0.39 is 87.0 Å². The van der Waals surface area contributed by atoms with E-state index in [2.05, 4.69) is 10.0 Å². The van der Waals surface area contributed by atoms with Crippen molar-refractivity contribution < 1.29 is 45.9 Å². The molecule has 4 heterocycles. The second-order valence-electron chi connectivity index (χ2n) is 15.9. The predicted octanol–water partition coefficient (Wildman–Crippen LogP) is 3.42. The zero-order chi connectivity index (χ0) is 38.3. The van der Waals surface area contributed by atoms with Gasteiger partial charge in [0.25, 0.3) is 11.8 Å². The summed E-state index contributed by atoms with van der Waals surface area (Å²) in [6.45, 7) is 0.0550. The fourth-order valence-corrected chi connectivity index (χ4v) is 9.73. The summed E-state index contributed by atoms with van der Waals surface area (Å²) in [4.78, 5) is 73.3. The Morgan fingerprint density at radius 1 is 0.981 bits per heavy atom. The number of hydrogen-bond donors (Lipinski definition) is 2. The number of alkyl halides is 2. The largest absolute Gasteiger partial charge is 0.444 e. The molecule has 2 saturated carbocycles. The van der Waals surface area contributed by atoms with Crippen LogP contribution >= 0.6 is 0 Å². The van der Waals surface area contributed by atoms with E-state index in [1.54, 1.807) is 4.90 Å². The fraction of sp³-hybridized carbons (Fsp3) is 0.658. The van der Waals surface area contributed by atoms with E-state index in [4.69, 9.17) is 4.74 Å². The Morgan fingerprint density at radius 2 is 1.76 bits per heavy atom. The van der Waals surface area contributed by atoms with Crippen LogP contribution in [-0.2, 0) is 46.9 Å². The third-order valence-corrected chi connectivity index (χ3v) is 13.6. The van der Waals surface area contributed by atoms with Gasteiger partial charge in [0.05, 0.1) is 18.3 Å². The smallest absolute Gasteiger partial charge is 0.410 e. The quantitative estimate of drug-likeness (QED) is 0.416. The third kappa shape index (κ3) is 8.42. The van der Waals surface area contributed by atoms with Crippen molar-refractivity contribution in [1.82, 2.24) is 24.7 Å². The second kappa shape index (κ2) is 15.2. The molecule has 4 aliphatic heterocycles. The van der Waals surface area contributed by atoms with Crippen molar-refractivity contribution in [2.45, 2.75) is 119 Å². The molecular formula is C38H49F2N5O8S. The first-order valence-electron chi connectivity index (χ1n) is 19.3. The highest BCUT2D eigenvalue weighted by molar-refractivity contribution is 7.91. The van der Waals surface area contributed by atoms with Crippen molar-refractivity contribution in [2.75, 3.05) is 26.2 Å². The van der Waals surface area contributed by atoms with E-state index >= 15 is 0 Å². The van der Waals surface area contributed by atoms with Crippen molar-refractivity contribution in [3.63, 3.8) is 0 Å². The minimum atomic E-state index is -3.93. The molecule has 0 bridgehead atoms. The molecule has 0 radical (unpaired) electrons. The summed E-state index contributed by atoms with van der Waals surface area (Å²) in [6, 6.07) is 6.58. The highest BCUT2D eigenvalue weighted by Crippen LogP contribution is 2.46. The van der Waals surface area contributed by atoms with Gasteiger partial charge in [0, 0.05) is 50.7 Å². The zero-order valence-electron chi connectivity index (χ0n) is 30.4. The summed E-state index contributed by atoms with van der Waals surface area (Å²) >= 11 is 0. The molecule has 0 spiro atoms. The molecule has 1 aromatic rings. The first-order valence-corrected chi connectivity index (χ1v) is 20.8. The summed E-state index contributed by atoms with van der Waals surface area (Å²) < 4.78 is 62.3. The summed E-state index contributed by atoms with van der Waals surface area (Å²) in [6.07, 6.45) is 6.28. The first-order chi connectivity index (χ1) is 25.7. The Kier molecular flexibility index (Phi) is 10.8. The van der Waals surface area contributed by atoms with Gasteiger partial charge in [-0.1, -0.05) is 49.3 Å². The van der Waals surface area contributed by atoms with Crippen LogP contribution < -0.4 is 10.0 Å². The van der Waals surface area contributed by atoms with E-state index in [0.29, 0.717) is 51.6 Å². The maximum atomic E-state index is 14.5. The SMILES string of the molecule is O=C1N[C@]2(C(=O)NS(=O)(=O)C3CC3)C[C@H]2C=CCCCCC[C@H](CC(=O)N2CCCC(F)(F)C2)C(=O)N2C[C@H](OC(=O)N3CCc4ccccc4C3)C[C@@H]12. The van der Waals surface area contributed by atoms with Crippen LogP contribution in [0, 0.1) is 11.8 Å². The summed E-state index contributed by atoms with van der Waals surface area (Å²) in [5.74, 6) is -7.06. The average Bonchev–Trinajstić information content (AvgIpc) is 4.06. The lowest BCUT2D eigenvalue weighted by atomic mass is 9.94. The summed E-state index contributed by atoms with van der Waals surface area (Å²) in [5, 5.41) is 2.14. The highest BCUT2D eigenvalue weighted by Gasteiger charge is 2.62. The van der Waals surface area contributed by atoms with Crippen molar-refractivity contribution in [2.24, 2.45) is 11.8 Å². The molecule has 13 nitrogen and oxygen atoms in total. The van der Waals surface area contributed by atoms with Crippen LogP contribution in [-0.4, -0.2) is 108 Å². The maximum Gasteiger partial charge on any atom is 0.410 e. The standard InChI is InChI=1S/C38H49F2N5O8S/c39-37(40)16-8-17-44(24-37)32(46)19-26-10-4-2-1-3-5-12-28-21-38(28,35(49)42-54(51,52)30-13-14-30)41-33(47)31-20-29(23-45(31)34(26)48)53-36(50)43-18-15-25-9-6-7-11-27(25)22-43/h5-7,9,11-12,26,28-31H,1-4,8,10,13-24H2,(H,41,47)(H,42,49)/t26-,28-,29-,31+,38-/m1/s1. The predicted molar refractivity (Wildman–Crippen MR) is 191 cm³/mol. The molecule has 5 atom stereocenters. The molecule has 2 aliphatic carbocycles. The molecule has 16 heteroatoms. The number of likely N-dealkylation sites (tertiary alicyclic amines) is 1. The Bertz CT molecular complexity index is 1800. The number of allylic oxidation sites excluding steroid dienone is 1. The van der Waals surface area contributed by atoms with Crippen molar-refractivity contribution in [3.05, 3.63) is 47.5 Å². The number of rotatable bonds is 6. The minimum Gasteiger partial charge on any atom is -0.444 e. The zero-order valence-corrected chi connectivity index (χ0v) is 31.2.